The SMILES string of the molecule is C[C@@H]1CCCC[C@@H]1NC(=O)C[NH+]1CC[NH+](CC(=O)Nc2ccc(F)cc2)CC1. The van der Waals surface area contributed by atoms with E-state index in [9.17, 15) is 14.0 Å². The molecule has 1 aliphatic heterocycles. The van der Waals surface area contributed by atoms with Gasteiger partial charge in [0.25, 0.3) is 11.8 Å². The van der Waals surface area contributed by atoms with Gasteiger partial charge in [0.05, 0.1) is 0 Å². The largest absolute Gasteiger partial charge is 0.348 e. The van der Waals surface area contributed by atoms with Gasteiger partial charge < -0.3 is 20.4 Å². The summed E-state index contributed by atoms with van der Waals surface area (Å²) in [6, 6.07) is 6.14. The number of rotatable bonds is 6. The number of benzene rings is 1. The van der Waals surface area contributed by atoms with Crippen molar-refractivity contribution in [2.75, 3.05) is 44.6 Å². The van der Waals surface area contributed by atoms with Crippen LogP contribution in [-0.2, 0) is 9.59 Å². The molecule has 1 saturated heterocycles. The van der Waals surface area contributed by atoms with Crippen molar-refractivity contribution in [2.45, 2.75) is 38.6 Å². The van der Waals surface area contributed by atoms with Crippen molar-refractivity contribution in [2.24, 2.45) is 5.92 Å². The number of halogens is 1. The first-order valence-electron chi connectivity index (χ1n) is 10.5. The number of hydrogen-bond donors (Lipinski definition) is 4. The first-order valence-corrected chi connectivity index (χ1v) is 10.5. The van der Waals surface area contributed by atoms with Gasteiger partial charge in [0.15, 0.2) is 13.1 Å². The highest BCUT2D eigenvalue weighted by Crippen LogP contribution is 2.23. The molecule has 4 N–H and O–H groups in total. The number of carbonyl (C=O) groups excluding carboxylic acids is 2. The molecule has 2 aliphatic rings. The second-order valence-electron chi connectivity index (χ2n) is 8.34. The molecule has 0 radical (unpaired) electrons. The lowest BCUT2D eigenvalue weighted by Crippen LogP contribution is -3.28. The van der Waals surface area contributed by atoms with Crippen LogP contribution in [0.4, 0.5) is 10.1 Å². The fourth-order valence-electron chi connectivity index (χ4n) is 4.29. The summed E-state index contributed by atoms with van der Waals surface area (Å²) in [5, 5.41) is 6.05. The second kappa shape index (κ2) is 9.98. The summed E-state index contributed by atoms with van der Waals surface area (Å²) in [4.78, 5) is 27.1. The van der Waals surface area contributed by atoms with Crippen LogP contribution in [0, 0.1) is 11.7 Å². The highest BCUT2D eigenvalue weighted by atomic mass is 19.1. The molecule has 1 heterocycles. The topological polar surface area (TPSA) is 67.1 Å². The zero-order chi connectivity index (χ0) is 19.9. The summed E-state index contributed by atoms with van der Waals surface area (Å²) in [7, 11) is 0. The summed E-state index contributed by atoms with van der Waals surface area (Å²) in [6.07, 6.45) is 4.80. The molecule has 6 nitrogen and oxygen atoms in total. The minimum absolute atomic E-state index is 0.0610. The van der Waals surface area contributed by atoms with Crippen molar-refractivity contribution in [1.29, 1.82) is 0 Å². The predicted octanol–water partition coefficient (Wildman–Crippen LogP) is -0.757. The zero-order valence-corrected chi connectivity index (χ0v) is 16.7. The monoisotopic (exact) mass is 392 g/mol. The van der Waals surface area contributed by atoms with E-state index in [4.69, 9.17) is 0 Å². The summed E-state index contributed by atoms with van der Waals surface area (Å²) in [5.74, 6) is 0.360. The smallest absolute Gasteiger partial charge is 0.279 e. The average Bonchev–Trinajstić information content (AvgIpc) is 2.67. The van der Waals surface area contributed by atoms with Crippen LogP contribution in [-0.4, -0.2) is 57.1 Å². The zero-order valence-electron chi connectivity index (χ0n) is 16.7. The maximum absolute atomic E-state index is 12.9. The lowest BCUT2D eigenvalue weighted by atomic mass is 9.86. The van der Waals surface area contributed by atoms with Crippen LogP contribution in [0.15, 0.2) is 24.3 Å². The van der Waals surface area contributed by atoms with Crippen LogP contribution in [0.5, 0.6) is 0 Å². The van der Waals surface area contributed by atoms with Crippen molar-refractivity contribution < 1.29 is 23.8 Å². The van der Waals surface area contributed by atoms with E-state index in [1.165, 1.54) is 41.2 Å². The Morgan fingerprint density at radius 2 is 1.54 bits per heavy atom. The van der Waals surface area contributed by atoms with Gasteiger partial charge in [-0.3, -0.25) is 9.59 Å². The first kappa shape index (κ1) is 20.7. The molecule has 1 aliphatic carbocycles. The van der Waals surface area contributed by atoms with E-state index in [0.29, 0.717) is 30.7 Å². The molecule has 2 amide bonds. The van der Waals surface area contributed by atoms with E-state index in [2.05, 4.69) is 17.6 Å². The molecule has 1 aromatic carbocycles. The molecule has 0 unspecified atom stereocenters. The molecular weight excluding hydrogens is 359 g/mol. The second-order valence-corrected chi connectivity index (χ2v) is 8.34. The molecule has 3 rings (SSSR count). The van der Waals surface area contributed by atoms with E-state index in [1.54, 1.807) is 12.1 Å². The van der Waals surface area contributed by atoms with Gasteiger partial charge in [-0.2, -0.15) is 0 Å². The quantitative estimate of drug-likeness (QED) is 0.514. The molecule has 0 bridgehead atoms. The summed E-state index contributed by atoms with van der Waals surface area (Å²) < 4.78 is 12.9. The number of piperazine rings is 1. The highest BCUT2D eigenvalue weighted by Gasteiger charge is 2.28. The Labute approximate surface area is 166 Å². The van der Waals surface area contributed by atoms with E-state index < -0.39 is 0 Å². The molecule has 1 aromatic rings. The summed E-state index contributed by atoms with van der Waals surface area (Å²) >= 11 is 0. The third-order valence-corrected chi connectivity index (χ3v) is 6.07. The van der Waals surface area contributed by atoms with Gasteiger partial charge in [0, 0.05) is 11.7 Å². The third-order valence-electron chi connectivity index (χ3n) is 6.07. The number of quaternary nitrogens is 2. The van der Waals surface area contributed by atoms with Gasteiger partial charge in [-0.1, -0.05) is 19.8 Å². The van der Waals surface area contributed by atoms with Crippen molar-refractivity contribution in [3.05, 3.63) is 30.1 Å². The Hall–Kier alpha value is -1.99. The maximum atomic E-state index is 12.9. The molecule has 0 aromatic heterocycles. The van der Waals surface area contributed by atoms with Gasteiger partial charge in [0.1, 0.15) is 32.0 Å². The number of hydrogen-bond acceptors (Lipinski definition) is 2. The first-order chi connectivity index (χ1) is 13.5. The number of anilines is 1. The Morgan fingerprint density at radius 1 is 0.964 bits per heavy atom. The number of amides is 2. The molecule has 2 atom stereocenters. The van der Waals surface area contributed by atoms with Crippen LogP contribution in [0.1, 0.15) is 32.6 Å². The van der Waals surface area contributed by atoms with Crippen molar-refractivity contribution in [3.8, 4) is 0 Å². The van der Waals surface area contributed by atoms with Crippen molar-refractivity contribution in [3.63, 3.8) is 0 Å². The van der Waals surface area contributed by atoms with E-state index in [1.807, 2.05) is 0 Å². The summed E-state index contributed by atoms with van der Waals surface area (Å²) in [6.45, 7) is 6.70. The molecule has 2 fully saturated rings. The molecule has 28 heavy (non-hydrogen) atoms. The van der Waals surface area contributed by atoms with Gasteiger partial charge in [-0.25, -0.2) is 4.39 Å². The lowest BCUT2D eigenvalue weighted by Gasteiger charge is -2.31. The van der Waals surface area contributed by atoms with Crippen LogP contribution in [0.25, 0.3) is 0 Å². The maximum Gasteiger partial charge on any atom is 0.279 e. The predicted molar refractivity (Wildman–Crippen MR) is 106 cm³/mol. The molecular formula is C21H33FN4O2+2. The van der Waals surface area contributed by atoms with Gasteiger partial charge >= 0.3 is 0 Å². The fraction of sp³-hybridized carbons (Fsp3) is 0.619. The standard InChI is InChI=1S/C21H31FN4O2/c1-16-4-2-3-5-19(16)24-21(28)15-26-12-10-25(11-13-26)14-20(27)23-18-8-6-17(22)7-9-18/h6-9,16,19H,2-5,10-15H2,1H3,(H,23,27)(H,24,28)/p+2/t16-,19+/m1/s1. The highest BCUT2D eigenvalue weighted by molar-refractivity contribution is 5.91. The Balaban J connectivity index is 1.35. The lowest BCUT2D eigenvalue weighted by molar-refractivity contribution is -1.00. The van der Waals surface area contributed by atoms with E-state index in [-0.39, 0.29) is 17.6 Å². The van der Waals surface area contributed by atoms with Crippen LogP contribution in [0.2, 0.25) is 0 Å². The Kier molecular flexibility index (Phi) is 7.39. The van der Waals surface area contributed by atoms with Crippen molar-refractivity contribution in [1.82, 2.24) is 5.32 Å². The minimum atomic E-state index is -0.315. The minimum Gasteiger partial charge on any atom is -0.348 e. The molecule has 154 valence electrons. The van der Waals surface area contributed by atoms with Gasteiger partial charge in [-0.15, -0.1) is 0 Å². The normalized spacial score (nSPS) is 27.8. The Bertz CT molecular complexity index is 659. The number of carbonyl (C=O) groups is 2. The van der Waals surface area contributed by atoms with Gasteiger partial charge in [0.2, 0.25) is 0 Å². The Morgan fingerprint density at radius 3 is 2.14 bits per heavy atom. The van der Waals surface area contributed by atoms with E-state index >= 15 is 0 Å². The van der Waals surface area contributed by atoms with Crippen LogP contribution in [0.3, 0.4) is 0 Å². The van der Waals surface area contributed by atoms with Crippen molar-refractivity contribution >= 4 is 17.5 Å². The average molecular weight is 393 g/mol. The third kappa shape index (κ3) is 6.27. The molecule has 0 spiro atoms. The van der Waals surface area contributed by atoms with Crippen LogP contribution >= 0.6 is 0 Å². The van der Waals surface area contributed by atoms with Crippen LogP contribution < -0.4 is 20.4 Å². The molecule has 7 heteroatoms. The number of nitrogens with one attached hydrogen (secondary N) is 4. The van der Waals surface area contributed by atoms with E-state index in [0.717, 1.165) is 32.6 Å². The summed E-state index contributed by atoms with van der Waals surface area (Å²) in [5.41, 5.74) is 0.615. The fourth-order valence-corrected chi connectivity index (χ4v) is 4.29. The van der Waals surface area contributed by atoms with Gasteiger partial charge in [-0.05, 0) is 43.0 Å². The molecule has 1 saturated carbocycles.